The zero-order valence-corrected chi connectivity index (χ0v) is 13.7. The van der Waals surface area contributed by atoms with Crippen LogP contribution in [0.2, 0.25) is 0 Å². The highest BCUT2D eigenvalue weighted by molar-refractivity contribution is 5.85. The van der Waals surface area contributed by atoms with E-state index >= 15 is 0 Å². The van der Waals surface area contributed by atoms with Crippen LogP contribution in [0.25, 0.3) is 0 Å². The first-order valence-electron chi connectivity index (χ1n) is 8.52. The summed E-state index contributed by atoms with van der Waals surface area (Å²) < 4.78 is 0. The quantitative estimate of drug-likeness (QED) is 0.816. The van der Waals surface area contributed by atoms with Gasteiger partial charge < -0.3 is 15.5 Å². The van der Waals surface area contributed by atoms with Crippen molar-refractivity contribution in [2.24, 2.45) is 5.92 Å². The number of fused-ring (bicyclic) bond motifs is 2. The molecule has 1 saturated carbocycles. The predicted molar refractivity (Wildman–Crippen MR) is 85.8 cm³/mol. The van der Waals surface area contributed by atoms with E-state index in [-0.39, 0.29) is 30.3 Å². The number of piperidine rings is 1. The molecule has 3 unspecified atom stereocenters. The Bertz CT molecular complexity index is 443. The number of halogens is 1. The summed E-state index contributed by atoms with van der Waals surface area (Å²) in [4.78, 5) is 26.1. The molecule has 0 aromatic rings. The highest BCUT2D eigenvalue weighted by Gasteiger charge is 2.40. The lowest BCUT2D eigenvalue weighted by Crippen LogP contribution is -2.42. The van der Waals surface area contributed by atoms with Crippen LogP contribution in [0, 0.1) is 5.92 Å². The summed E-state index contributed by atoms with van der Waals surface area (Å²) in [5.41, 5.74) is 0. The highest BCUT2D eigenvalue weighted by Crippen LogP contribution is 2.33. The molecular formula is C16H26ClN3O2. The molecule has 3 saturated heterocycles. The molecule has 2 amide bonds. The van der Waals surface area contributed by atoms with E-state index in [0.29, 0.717) is 36.9 Å². The molecule has 4 rings (SSSR count). The van der Waals surface area contributed by atoms with Crippen LogP contribution in [0.1, 0.15) is 51.4 Å². The lowest BCUT2D eigenvalue weighted by Gasteiger charge is -2.29. The topological polar surface area (TPSA) is 61.4 Å². The largest absolute Gasteiger partial charge is 0.351 e. The van der Waals surface area contributed by atoms with Crippen LogP contribution in [0.15, 0.2) is 0 Å². The molecule has 4 fully saturated rings. The van der Waals surface area contributed by atoms with Gasteiger partial charge in [0.15, 0.2) is 0 Å². The maximum absolute atomic E-state index is 12.2. The van der Waals surface area contributed by atoms with Gasteiger partial charge in [-0.1, -0.05) is 0 Å². The van der Waals surface area contributed by atoms with Crippen molar-refractivity contribution >= 4 is 24.2 Å². The molecule has 0 spiro atoms. The SMILES string of the molecule is Cl.O=C(CC1CC2CCC(C1)N2)NC1CC(=O)N(C2CC2)C1. The van der Waals surface area contributed by atoms with Crippen molar-refractivity contribution in [3.05, 3.63) is 0 Å². The van der Waals surface area contributed by atoms with Crippen molar-refractivity contribution in [2.75, 3.05) is 6.54 Å². The van der Waals surface area contributed by atoms with Gasteiger partial charge in [-0.15, -0.1) is 12.4 Å². The zero-order valence-electron chi connectivity index (χ0n) is 12.9. The fraction of sp³-hybridized carbons (Fsp3) is 0.875. The van der Waals surface area contributed by atoms with Gasteiger partial charge in [0.25, 0.3) is 0 Å². The molecule has 0 aromatic heterocycles. The Kier molecular flexibility index (Phi) is 4.64. The molecule has 22 heavy (non-hydrogen) atoms. The third-order valence-corrected chi connectivity index (χ3v) is 5.56. The molecule has 3 atom stereocenters. The average molecular weight is 328 g/mol. The molecule has 6 heteroatoms. The Labute approximate surface area is 138 Å². The van der Waals surface area contributed by atoms with Crippen molar-refractivity contribution in [1.82, 2.24) is 15.5 Å². The Balaban J connectivity index is 0.00000144. The van der Waals surface area contributed by atoms with Gasteiger partial charge >= 0.3 is 0 Å². The lowest BCUT2D eigenvalue weighted by atomic mass is 9.89. The first-order chi connectivity index (χ1) is 10.2. The summed E-state index contributed by atoms with van der Waals surface area (Å²) >= 11 is 0. The van der Waals surface area contributed by atoms with Crippen molar-refractivity contribution in [2.45, 2.75) is 75.5 Å². The van der Waals surface area contributed by atoms with Crippen LogP contribution < -0.4 is 10.6 Å². The monoisotopic (exact) mass is 327 g/mol. The molecule has 0 aromatic carbocycles. The van der Waals surface area contributed by atoms with Gasteiger partial charge in [-0.2, -0.15) is 0 Å². The second kappa shape index (κ2) is 6.36. The van der Waals surface area contributed by atoms with Crippen LogP contribution in [-0.4, -0.2) is 47.4 Å². The molecule has 4 aliphatic rings. The fourth-order valence-electron chi connectivity index (χ4n) is 4.46. The van der Waals surface area contributed by atoms with E-state index in [4.69, 9.17) is 0 Å². The third-order valence-electron chi connectivity index (χ3n) is 5.56. The van der Waals surface area contributed by atoms with E-state index in [1.807, 2.05) is 4.90 Å². The number of likely N-dealkylation sites (tertiary alicyclic amines) is 1. The number of carbonyl (C=O) groups is 2. The van der Waals surface area contributed by atoms with E-state index in [9.17, 15) is 9.59 Å². The summed E-state index contributed by atoms with van der Waals surface area (Å²) in [6.07, 6.45) is 8.26. The van der Waals surface area contributed by atoms with E-state index in [0.717, 1.165) is 32.2 Å². The molecule has 5 nitrogen and oxygen atoms in total. The number of hydrogen-bond acceptors (Lipinski definition) is 3. The second-order valence-electron chi connectivity index (χ2n) is 7.43. The summed E-state index contributed by atoms with van der Waals surface area (Å²) in [7, 11) is 0. The number of carbonyl (C=O) groups excluding carboxylic acids is 2. The number of nitrogens with one attached hydrogen (secondary N) is 2. The minimum atomic E-state index is 0. The van der Waals surface area contributed by atoms with Crippen molar-refractivity contribution in [3.63, 3.8) is 0 Å². The maximum Gasteiger partial charge on any atom is 0.225 e. The van der Waals surface area contributed by atoms with Gasteiger partial charge in [-0.3, -0.25) is 9.59 Å². The molecule has 3 aliphatic heterocycles. The van der Waals surface area contributed by atoms with E-state index in [1.165, 1.54) is 12.8 Å². The van der Waals surface area contributed by atoms with Crippen LogP contribution >= 0.6 is 12.4 Å². The normalized spacial score (nSPS) is 37.1. The maximum atomic E-state index is 12.2. The summed E-state index contributed by atoms with van der Waals surface area (Å²) in [5, 5.41) is 6.71. The molecule has 124 valence electrons. The van der Waals surface area contributed by atoms with Crippen molar-refractivity contribution < 1.29 is 9.59 Å². The van der Waals surface area contributed by atoms with Crippen molar-refractivity contribution in [1.29, 1.82) is 0 Å². The minimum Gasteiger partial charge on any atom is -0.351 e. The Hall–Kier alpha value is -0.810. The fourth-order valence-corrected chi connectivity index (χ4v) is 4.46. The first-order valence-corrected chi connectivity index (χ1v) is 8.52. The summed E-state index contributed by atoms with van der Waals surface area (Å²) in [6, 6.07) is 1.79. The van der Waals surface area contributed by atoms with E-state index < -0.39 is 0 Å². The second-order valence-corrected chi connectivity index (χ2v) is 7.43. The smallest absolute Gasteiger partial charge is 0.225 e. The number of rotatable bonds is 4. The van der Waals surface area contributed by atoms with Crippen LogP contribution in [0.4, 0.5) is 0 Å². The minimum absolute atomic E-state index is 0. The van der Waals surface area contributed by atoms with Crippen molar-refractivity contribution in [3.8, 4) is 0 Å². The number of nitrogens with zero attached hydrogens (tertiary/aromatic N) is 1. The van der Waals surface area contributed by atoms with E-state index in [1.54, 1.807) is 0 Å². The van der Waals surface area contributed by atoms with Crippen LogP contribution in [0.5, 0.6) is 0 Å². The van der Waals surface area contributed by atoms with Gasteiger partial charge in [0.2, 0.25) is 11.8 Å². The Morgan fingerprint density at radius 3 is 2.50 bits per heavy atom. The molecule has 2 bridgehead atoms. The first kappa shape index (κ1) is 16.1. The zero-order chi connectivity index (χ0) is 14.4. The molecule has 3 heterocycles. The predicted octanol–water partition coefficient (Wildman–Crippen LogP) is 1.21. The van der Waals surface area contributed by atoms with Gasteiger partial charge in [-0.25, -0.2) is 0 Å². The highest BCUT2D eigenvalue weighted by atomic mass is 35.5. The molecule has 2 N–H and O–H groups in total. The Morgan fingerprint density at radius 2 is 1.86 bits per heavy atom. The standard InChI is InChI=1S/C16H25N3O2.ClH/c20-15(7-10-5-11-1-2-12(6-10)17-11)18-13-8-16(21)19(9-13)14-3-4-14;/h10-14,17H,1-9H2,(H,18,20);1H. The number of amides is 2. The third kappa shape index (κ3) is 3.40. The molecule has 0 radical (unpaired) electrons. The van der Waals surface area contributed by atoms with Gasteiger partial charge in [0, 0.05) is 37.5 Å². The average Bonchev–Trinajstić information content (AvgIpc) is 3.13. The van der Waals surface area contributed by atoms with Crippen LogP contribution in [0.3, 0.4) is 0 Å². The van der Waals surface area contributed by atoms with Crippen LogP contribution in [-0.2, 0) is 9.59 Å². The Morgan fingerprint density at radius 1 is 1.18 bits per heavy atom. The van der Waals surface area contributed by atoms with Gasteiger partial charge in [0.05, 0.1) is 6.04 Å². The number of hydrogen-bond donors (Lipinski definition) is 2. The lowest BCUT2D eigenvalue weighted by molar-refractivity contribution is -0.128. The summed E-state index contributed by atoms with van der Waals surface area (Å²) in [6.45, 7) is 0.729. The summed E-state index contributed by atoms with van der Waals surface area (Å²) in [5.74, 6) is 0.903. The van der Waals surface area contributed by atoms with Gasteiger partial charge in [-0.05, 0) is 44.4 Å². The molecular weight excluding hydrogens is 302 g/mol. The van der Waals surface area contributed by atoms with Gasteiger partial charge in [0.1, 0.15) is 0 Å². The van der Waals surface area contributed by atoms with E-state index in [2.05, 4.69) is 10.6 Å². The molecule has 1 aliphatic carbocycles.